The van der Waals surface area contributed by atoms with Crippen molar-refractivity contribution in [3.63, 3.8) is 0 Å². The molecule has 8 bridgehead atoms. The van der Waals surface area contributed by atoms with Crippen molar-refractivity contribution in [1.29, 1.82) is 0 Å². The second-order valence-corrected chi connectivity index (χ2v) is 10.9. The zero-order valence-electron chi connectivity index (χ0n) is 21.6. The molecule has 4 nitrogen and oxygen atoms in total. The molecule has 34 heavy (non-hydrogen) atoms. The van der Waals surface area contributed by atoms with Crippen molar-refractivity contribution < 1.29 is 0 Å². The van der Waals surface area contributed by atoms with Gasteiger partial charge in [0.05, 0.1) is 0 Å². The first-order chi connectivity index (χ1) is 16.0. The third-order valence-corrected chi connectivity index (χ3v) is 8.18. The highest BCUT2D eigenvalue weighted by Gasteiger charge is 2.29. The lowest BCUT2D eigenvalue weighted by atomic mass is 9.86. The summed E-state index contributed by atoms with van der Waals surface area (Å²) < 4.78 is 0. The maximum Gasteiger partial charge on any atom is 0.0447 e. The number of fused-ring (bicyclic) bond motifs is 8. The molecule has 4 aromatic rings. The molecule has 0 unspecified atom stereocenters. The van der Waals surface area contributed by atoms with Gasteiger partial charge in [-0.1, -0.05) is 0 Å². The molecule has 1 aliphatic rings. The zero-order chi connectivity index (χ0) is 24.4. The predicted molar refractivity (Wildman–Crippen MR) is 144 cm³/mol. The minimum Gasteiger partial charge on any atom is -0.358 e. The number of hydrogen-bond acceptors (Lipinski definition) is 0. The molecular formula is C30H36N4. The largest absolute Gasteiger partial charge is 0.358 e. The van der Waals surface area contributed by atoms with Crippen LogP contribution in [0.1, 0.15) is 101 Å². The minimum absolute atomic E-state index is 0.173. The third kappa shape index (κ3) is 3.35. The summed E-state index contributed by atoms with van der Waals surface area (Å²) in [4.78, 5) is 14.9. The van der Waals surface area contributed by atoms with Crippen LogP contribution in [0.3, 0.4) is 0 Å². The van der Waals surface area contributed by atoms with Gasteiger partial charge in [0.15, 0.2) is 0 Å². The van der Waals surface area contributed by atoms with Crippen molar-refractivity contribution in [1.82, 2.24) is 19.9 Å². The van der Waals surface area contributed by atoms with Crippen LogP contribution >= 0.6 is 0 Å². The Balaban J connectivity index is 1.75. The SMILES string of the molecule is C/C1=C(\C)c2ccc([nH]2)C(C)(C)c2ccc([nH]2)/C(C)=C(/C)c2ccc([nH]2)C(C)(C)c2ccc1[nH]2. The number of aromatic nitrogens is 4. The van der Waals surface area contributed by atoms with Crippen molar-refractivity contribution in [3.05, 3.63) is 94.1 Å². The van der Waals surface area contributed by atoms with Crippen molar-refractivity contribution in [2.75, 3.05) is 0 Å². The average Bonchev–Trinajstić information content (AvgIpc) is 3.62. The Hall–Kier alpha value is -3.40. The summed E-state index contributed by atoms with van der Waals surface area (Å²) in [5, 5.41) is 0. The van der Waals surface area contributed by atoms with E-state index in [0.717, 1.165) is 22.8 Å². The van der Waals surface area contributed by atoms with Crippen LogP contribution in [0.2, 0.25) is 0 Å². The van der Waals surface area contributed by atoms with Crippen LogP contribution < -0.4 is 0 Å². The highest BCUT2D eigenvalue weighted by molar-refractivity contribution is 5.88. The summed E-state index contributed by atoms with van der Waals surface area (Å²) in [6.45, 7) is 17.9. The molecular weight excluding hydrogens is 416 g/mol. The lowest BCUT2D eigenvalue weighted by Crippen LogP contribution is -2.20. The van der Waals surface area contributed by atoms with Gasteiger partial charge in [0.25, 0.3) is 0 Å². The second-order valence-electron chi connectivity index (χ2n) is 10.9. The van der Waals surface area contributed by atoms with Crippen LogP contribution in [-0.4, -0.2) is 19.9 Å². The van der Waals surface area contributed by atoms with Gasteiger partial charge < -0.3 is 19.9 Å². The first-order valence-corrected chi connectivity index (χ1v) is 12.1. The Morgan fingerprint density at radius 1 is 0.382 bits per heavy atom. The van der Waals surface area contributed by atoms with Gasteiger partial charge in [-0.2, -0.15) is 0 Å². The Kier molecular flexibility index (Phi) is 4.98. The Morgan fingerprint density at radius 2 is 0.588 bits per heavy atom. The van der Waals surface area contributed by atoms with E-state index in [1.807, 2.05) is 0 Å². The number of H-pyrrole nitrogens is 4. The van der Waals surface area contributed by atoms with Crippen LogP contribution in [0.5, 0.6) is 0 Å². The molecule has 0 spiro atoms. The topological polar surface area (TPSA) is 63.2 Å². The molecule has 0 atom stereocenters. The van der Waals surface area contributed by atoms with Gasteiger partial charge in [0, 0.05) is 56.4 Å². The minimum atomic E-state index is -0.173. The van der Waals surface area contributed by atoms with Crippen molar-refractivity contribution in [3.8, 4) is 0 Å². The summed E-state index contributed by atoms with van der Waals surface area (Å²) >= 11 is 0. The fourth-order valence-corrected chi connectivity index (χ4v) is 5.01. The van der Waals surface area contributed by atoms with E-state index in [1.54, 1.807) is 0 Å². The zero-order valence-corrected chi connectivity index (χ0v) is 21.6. The fraction of sp³-hybridized carbons (Fsp3) is 0.333. The van der Waals surface area contributed by atoms with Crippen LogP contribution in [0, 0.1) is 0 Å². The predicted octanol–water partition coefficient (Wildman–Crippen LogP) is 7.87. The molecule has 0 fully saturated rings. The average molecular weight is 453 g/mol. The molecule has 0 amide bonds. The van der Waals surface area contributed by atoms with E-state index in [9.17, 15) is 0 Å². The molecule has 5 heterocycles. The number of rotatable bonds is 0. The number of nitrogens with one attached hydrogen (secondary N) is 4. The van der Waals surface area contributed by atoms with Crippen molar-refractivity contribution in [2.24, 2.45) is 0 Å². The van der Waals surface area contributed by atoms with E-state index in [2.05, 4.69) is 124 Å². The molecule has 4 aromatic heterocycles. The van der Waals surface area contributed by atoms with Gasteiger partial charge >= 0.3 is 0 Å². The van der Waals surface area contributed by atoms with Crippen LogP contribution in [0.15, 0.2) is 48.5 Å². The van der Waals surface area contributed by atoms with Gasteiger partial charge in [-0.25, -0.2) is 0 Å². The molecule has 0 saturated heterocycles. The van der Waals surface area contributed by atoms with Gasteiger partial charge in [-0.05, 0) is 126 Å². The summed E-state index contributed by atoms with van der Waals surface area (Å²) in [5.41, 5.74) is 14.1. The monoisotopic (exact) mass is 452 g/mol. The number of allylic oxidation sites excluding steroid dienone is 4. The lowest BCUT2D eigenvalue weighted by molar-refractivity contribution is 0.602. The fourth-order valence-electron chi connectivity index (χ4n) is 5.01. The van der Waals surface area contributed by atoms with Gasteiger partial charge in [-0.15, -0.1) is 0 Å². The third-order valence-electron chi connectivity index (χ3n) is 8.18. The van der Waals surface area contributed by atoms with E-state index in [-0.39, 0.29) is 10.8 Å². The molecule has 0 aromatic carbocycles. The summed E-state index contributed by atoms with van der Waals surface area (Å²) in [6.07, 6.45) is 0. The number of hydrogen-bond donors (Lipinski definition) is 4. The van der Waals surface area contributed by atoms with E-state index in [1.165, 1.54) is 45.1 Å². The molecule has 0 radical (unpaired) electrons. The Labute approximate surface area is 202 Å². The van der Waals surface area contributed by atoms with Crippen molar-refractivity contribution in [2.45, 2.75) is 66.2 Å². The molecule has 176 valence electrons. The quantitative estimate of drug-likeness (QED) is 0.210. The first kappa shape index (κ1) is 22.4. The molecule has 4 N–H and O–H groups in total. The highest BCUT2D eigenvalue weighted by atomic mass is 14.8. The van der Waals surface area contributed by atoms with Gasteiger partial charge in [0.1, 0.15) is 0 Å². The normalized spacial score (nSPS) is 21.9. The Morgan fingerprint density at radius 3 is 0.794 bits per heavy atom. The maximum atomic E-state index is 3.72. The Bertz CT molecular complexity index is 1220. The van der Waals surface area contributed by atoms with E-state index in [0.29, 0.717) is 0 Å². The van der Waals surface area contributed by atoms with Crippen LogP contribution in [0.4, 0.5) is 0 Å². The van der Waals surface area contributed by atoms with Gasteiger partial charge in [-0.3, -0.25) is 0 Å². The summed E-state index contributed by atoms with van der Waals surface area (Å²) in [6, 6.07) is 17.7. The first-order valence-electron chi connectivity index (χ1n) is 12.1. The van der Waals surface area contributed by atoms with E-state index >= 15 is 0 Å². The van der Waals surface area contributed by atoms with Crippen molar-refractivity contribution >= 4 is 22.3 Å². The summed E-state index contributed by atoms with van der Waals surface area (Å²) in [5.74, 6) is 0. The number of aromatic amines is 4. The molecule has 5 rings (SSSR count). The van der Waals surface area contributed by atoms with Crippen LogP contribution in [-0.2, 0) is 10.8 Å². The molecule has 0 saturated carbocycles. The maximum absolute atomic E-state index is 3.72. The summed E-state index contributed by atoms with van der Waals surface area (Å²) in [7, 11) is 0. The smallest absolute Gasteiger partial charge is 0.0447 e. The van der Waals surface area contributed by atoms with Gasteiger partial charge in [0.2, 0.25) is 0 Å². The molecule has 4 heteroatoms. The van der Waals surface area contributed by atoms with E-state index < -0.39 is 0 Å². The van der Waals surface area contributed by atoms with Crippen LogP contribution in [0.25, 0.3) is 22.3 Å². The second kappa shape index (κ2) is 7.56. The molecule has 0 aliphatic carbocycles. The lowest BCUT2D eigenvalue weighted by Gasteiger charge is -2.23. The highest BCUT2D eigenvalue weighted by Crippen LogP contribution is 2.37. The standard InChI is InChI=1S/C30H36N4/c1-17-18(2)22-10-14-26(32-22)30(7,8)28-16-12-24(34-28)20(4)19(3)23-11-15-27(33-23)29(5,6)25-13-9-21(17)31-25/h9-16,31-34H,1-8H3/b18-17-,20-19-. The van der Waals surface area contributed by atoms with E-state index in [4.69, 9.17) is 0 Å². The molecule has 1 aliphatic heterocycles.